The van der Waals surface area contributed by atoms with Gasteiger partial charge in [0, 0.05) is 11.5 Å². The first-order valence-electron chi connectivity index (χ1n) is 2.57. The molecule has 70 valence electrons. The van der Waals surface area contributed by atoms with Crippen molar-refractivity contribution in [1.82, 2.24) is 4.37 Å². The van der Waals surface area contributed by atoms with E-state index in [0.717, 1.165) is 0 Å². The maximum Gasteiger partial charge on any atom is 0.673 e. The van der Waals surface area contributed by atoms with Gasteiger partial charge in [-0.3, -0.25) is 0 Å². The summed E-state index contributed by atoms with van der Waals surface area (Å²) in [5.74, 6) is 0. The van der Waals surface area contributed by atoms with Crippen LogP contribution in [0.2, 0.25) is 0 Å². The van der Waals surface area contributed by atoms with Crippen molar-refractivity contribution >= 4 is 41.5 Å². The zero-order valence-electron chi connectivity index (χ0n) is 5.84. The fourth-order valence-corrected chi connectivity index (χ4v) is 2.12. The molecule has 0 radical (unpaired) electrons. The number of nitrogens with zero attached hydrogens (tertiary/aromatic N) is 1. The van der Waals surface area contributed by atoms with Crippen molar-refractivity contribution in [3.8, 4) is 0 Å². The molecule has 1 aromatic heterocycles. The van der Waals surface area contributed by atoms with Crippen molar-refractivity contribution in [2.24, 2.45) is 0 Å². The van der Waals surface area contributed by atoms with E-state index in [0.29, 0.717) is 0 Å². The monoisotopic (exact) mass is 237 g/mol. The van der Waals surface area contributed by atoms with Crippen molar-refractivity contribution in [3.05, 3.63) is 8.65 Å². The van der Waals surface area contributed by atoms with E-state index in [2.05, 4.69) is 10.6 Å². The molecular weight excluding hydrogens is 233 g/mol. The van der Waals surface area contributed by atoms with Crippen LogP contribution in [0, 0.1) is 3.14 Å². The van der Waals surface area contributed by atoms with Crippen molar-refractivity contribution in [1.29, 1.82) is 0 Å². The van der Waals surface area contributed by atoms with Crippen LogP contribution < -0.4 is 0 Å². The number of hydrogen-bond acceptors (Lipinski definition) is 3. The summed E-state index contributed by atoms with van der Waals surface area (Å²) in [4.78, 5) is 0. The highest BCUT2D eigenvalue weighted by Gasteiger charge is 2.20. The zero-order valence-corrected chi connectivity index (χ0v) is 8.29. The number of aromatic nitrogens is 1. The summed E-state index contributed by atoms with van der Waals surface area (Å²) in [6.07, 6.45) is 2.06. The maximum atomic E-state index is 9.75. The molecule has 0 aromatic carbocycles. The second-order valence-electron chi connectivity index (χ2n) is 1.37. The van der Waals surface area contributed by atoms with Crippen LogP contribution in [0.25, 0.3) is 0 Å². The smallest absolute Gasteiger partial charge is 0.418 e. The standard InChI is InChI=1S/C3H4NS3.BF4/c1-5-3-6-2-4-7-3;2-1(3,4)5/h2H,1H3;/q+1;-1. The lowest BCUT2D eigenvalue weighted by Crippen LogP contribution is -2.02. The van der Waals surface area contributed by atoms with Crippen molar-refractivity contribution in [2.45, 2.75) is 0 Å². The lowest BCUT2D eigenvalue weighted by molar-refractivity contribution is 0.368. The van der Waals surface area contributed by atoms with E-state index in [-0.39, 0.29) is 0 Å². The normalized spacial score (nSPS) is 12.2. The molecule has 0 unspecified atom stereocenters. The fraction of sp³-hybridized carbons (Fsp3) is 0.333. The summed E-state index contributed by atoms with van der Waals surface area (Å²) in [7, 11) is -6.00. The van der Waals surface area contributed by atoms with Crippen molar-refractivity contribution in [3.63, 3.8) is 0 Å². The van der Waals surface area contributed by atoms with Crippen molar-refractivity contribution < 1.29 is 17.3 Å². The molecule has 0 aliphatic carbocycles. The molecule has 9 heteroatoms. The Kier molecular flexibility index (Phi) is 5.59. The summed E-state index contributed by atoms with van der Waals surface area (Å²) < 4.78 is 44.3. The summed E-state index contributed by atoms with van der Waals surface area (Å²) in [5.41, 5.74) is 1.86. The van der Waals surface area contributed by atoms with Crippen molar-refractivity contribution in [2.75, 3.05) is 6.26 Å². The van der Waals surface area contributed by atoms with Gasteiger partial charge in [0.15, 0.2) is 6.26 Å². The van der Waals surface area contributed by atoms with E-state index in [1.807, 2.05) is 5.51 Å². The Morgan fingerprint density at radius 2 is 1.92 bits per heavy atom. The molecule has 0 bridgehead atoms. The van der Waals surface area contributed by atoms with Crippen LogP contribution in [0.5, 0.6) is 0 Å². The van der Waals surface area contributed by atoms with Crippen LogP contribution in [0.3, 0.4) is 0 Å². The topological polar surface area (TPSA) is 12.9 Å². The SMILES string of the molecule is C[S+]=c1scns1.F[B-](F)(F)F. The van der Waals surface area contributed by atoms with Gasteiger partial charge in [-0.05, 0) is 0 Å². The van der Waals surface area contributed by atoms with Gasteiger partial charge in [0.2, 0.25) is 11.4 Å². The van der Waals surface area contributed by atoms with E-state index >= 15 is 0 Å². The molecule has 0 spiro atoms. The third-order valence-electron chi connectivity index (χ3n) is 0.486. The summed E-state index contributed by atoms with van der Waals surface area (Å²) >= 11 is 5.00. The number of hydrogen-bond donors (Lipinski definition) is 0. The number of rotatable bonds is 0. The summed E-state index contributed by atoms with van der Waals surface area (Å²) in [6.45, 7) is 0. The third kappa shape index (κ3) is 9.98. The van der Waals surface area contributed by atoms with Gasteiger partial charge in [-0.1, -0.05) is 11.3 Å². The second kappa shape index (κ2) is 5.60. The Hall–Kier alpha value is -0.0151. The quantitative estimate of drug-likeness (QED) is 0.292. The minimum Gasteiger partial charge on any atom is -0.418 e. The van der Waals surface area contributed by atoms with Crippen LogP contribution in [0.15, 0.2) is 5.51 Å². The molecule has 0 aliphatic rings. The first-order valence-corrected chi connectivity index (χ1v) is 5.45. The first kappa shape index (κ1) is 12.0. The Bertz CT molecular complexity index is 242. The van der Waals surface area contributed by atoms with Gasteiger partial charge in [-0.15, -0.1) is 0 Å². The van der Waals surface area contributed by atoms with Gasteiger partial charge in [0.25, 0.3) is 0 Å². The molecule has 0 aliphatic heterocycles. The fourth-order valence-electron chi connectivity index (χ4n) is 0.236. The molecule has 0 N–H and O–H groups in total. The highest BCUT2D eigenvalue weighted by molar-refractivity contribution is 7.74. The highest BCUT2D eigenvalue weighted by Crippen LogP contribution is 2.06. The van der Waals surface area contributed by atoms with E-state index < -0.39 is 7.25 Å². The van der Waals surface area contributed by atoms with E-state index in [1.165, 1.54) is 3.14 Å². The Labute approximate surface area is 78.3 Å². The molecule has 0 atom stereocenters. The molecule has 12 heavy (non-hydrogen) atoms. The first-order chi connectivity index (χ1) is 5.43. The van der Waals surface area contributed by atoms with Crippen LogP contribution >= 0.6 is 22.9 Å². The molecule has 1 aromatic rings. The average Bonchev–Trinajstić information content (AvgIpc) is 2.33. The van der Waals surface area contributed by atoms with Crippen LogP contribution in [0.1, 0.15) is 0 Å². The minimum absolute atomic E-state index is 1.32. The average molecular weight is 237 g/mol. The Morgan fingerprint density at radius 3 is 2.08 bits per heavy atom. The van der Waals surface area contributed by atoms with Crippen LogP contribution in [0.4, 0.5) is 17.3 Å². The van der Waals surface area contributed by atoms with E-state index in [1.54, 1.807) is 34.2 Å². The van der Waals surface area contributed by atoms with Gasteiger partial charge in [-0.2, -0.15) is 4.37 Å². The summed E-state index contributed by atoms with van der Waals surface area (Å²) in [5, 5.41) is 0. The van der Waals surface area contributed by atoms with Crippen LogP contribution in [-0.4, -0.2) is 17.9 Å². The van der Waals surface area contributed by atoms with Gasteiger partial charge in [-0.25, -0.2) is 0 Å². The van der Waals surface area contributed by atoms with E-state index in [4.69, 9.17) is 0 Å². The van der Waals surface area contributed by atoms with Gasteiger partial charge in [0.05, 0.1) is 5.51 Å². The molecule has 1 heterocycles. The zero-order chi connectivity index (χ0) is 9.61. The lowest BCUT2D eigenvalue weighted by Gasteiger charge is -1.94. The van der Waals surface area contributed by atoms with Gasteiger partial charge >= 0.3 is 10.4 Å². The highest BCUT2D eigenvalue weighted by atomic mass is 32.2. The predicted octanol–water partition coefficient (Wildman–Crippen LogP) is 2.75. The second-order valence-corrected chi connectivity index (χ2v) is 4.62. The molecular formula is C3H4BF4NS3. The maximum absolute atomic E-state index is 9.75. The minimum atomic E-state index is -6.00. The van der Waals surface area contributed by atoms with Crippen LogP contribution in [-0.2, 0) is 11.4 Å². The Morgan fingerprint density at radius 1 is 1.42 bits per heavy atom. The lowest BCUT2D eigenvalue weighted by atomic mass is 10.3. The Balaban J connectivity index is 0.000000217. The molecule has 1 rings (SSSR count). The number of halogens is 4. The largest absolute Gasteiger partial charge is 0.673 e. The third-order valence-corrected chi connectivity index (χ3v) is 3.74. The molecule has 0 fully saturated rings. The molecule has 0 saturated heterocycles. The van der Waals surface area contributed by atoms with Gasteiger partial charge in [0.1, 0.15) is 0 Å². The van der Waals surface area contributed by atoms with E-state index in [9.17, 15) is 17.3 Å². The molecule has 0 saturated carbocycles. The summed E-state index contributed by atoms with van der Waals surface area (Å²) in [6, 6.07) is 0. The van der Waals surface area contributed by atoms with Gasteiger partial charge < -0.3 is 17.3 Å². The molecule has 1 nitrogen and oxygen atoms in total. The molecule has 0 amide bonds. The predicted molar refractivity (Wildman–Crippen MR) is 46.7 cm³/mol.